The highest BCUT2D eigenvalue weighted by molar-refractivity contribution is 5.86. The maximum absolute atomic E-state index is 13.6. The third-order valence-electron chi connectivity index (χ3n) is 5.99. The summed E-state index contributed by atoms with van der Waals surface area (Å²) in [6.45, 7) is 4.90. The molecular formula is C25H46N6O2. The van der Waals surface area contributed by atoms with Gasteiger partial charge in [0.25, 0.3) is 0 Å². The van der Waals surface area contributed by atoms with Crippen molar-refractivity contribution in [1.29, 1.82) is 0 Å². The lowest BCUT2D eigenvalue weighted by Gasteiger charge is -2.34. The Hall–Kier alpha value is -1.84. The number of aldehydes is 1. The highest BCUT2D eigenvalue weighted by Crippen LogP contribution is 2.16. The molecule has 1 aromatic rings. The Bertz CT molecular complexity index is 650. The van der Waals surface area contributed by atoms with Gasteiger partial charge in [-0.05, 0) is 50.6 Å². The second-order valence-electron chi connectivity index (χ2n) is 9.07. The summed E-state index contributed by atoms with van der Waals surface area (Å²) in [6, 6.07) is 9.72. The van der Waals surface area contributed by atoms with Crippen LogP contribution in [0.4, 0.5) is 0 Å². The van der Waals surface area contributed by atoms with E-state index < -0.39 is 11.6 Å². The quantitative estimate of drug-likeness (QED) is 0.0918. The largest absolute Gasteiger partial charge is 0.341 e. The summed E-state index contributed by atoms with van der Waals surface area (Å²) >= 11 is 0. The van der Waals surface area contributed by atoms with Crippen molar-refractivity contribution < 1.29 is 9.59 Å². The third-order valence-corrected chi connectivity index (χ3v) is 5.99. The van der Waals surface area contributed by atoms with Gasteiger partial charge < -0.3 is 21.2 Å². The number of amides is 1. The SMILES string of the molecule is CCCCC(CCCC)NC(Cc1ccccc1)C(=O)NC(C=O)(CCCCN)CN(N)N. The first-order valence-electron chi connectivity index (χ1n) is 12.4. The van der Waals surface area contributed by atoms with Gasteiger partial charge in [-0.2, -0.15) is 5.12 Å². The van der Waals surface area contributed by atoms with E-state index in [-0.39, 0.29) is 18.5 Å². The van der Waals surface area contributed by atoms with E-state index in [2.05, 4.69) is 24.5 Å². The number of carbonyl (C=O) groups excluding carboxylic acids is 2. The molecule has 0 aliphatic carbocycles. The first kappa shape index (κ1) is 29.2. The number of hydrazine groups is 2. The van der Waals surface area contributed by atoms with Crippen molar-refractivity contribution in [2.75, 3.05) is 13.1 Å². The first-order chi connectivity index (χ1) is 15.9. The number of nitrogens with zero attached hydrogens (tertiary/aromatic N) is 1. The van der Waals surface area contributed by atoms with Crippen LogP contribution in [0.25, 0.3) is 0 Å². The van der Waals surface area contributed by atoms with Gasteiger partial charge >= 0.3 is 0 Å². The average molecular weight is 463 g/mol. The molecule has 0 aliphatic rings. The average Bonchev–Trinajstić information content (AvgIpc) is 2.80. The van der Waals surface area contributed by atoms with Gasteiger partial charge in [-0.3, -0.25) is 16.5 Å². The van der Waals surface area contributed by atoms with Gasteiger partial charge in [0, 0.05) is 6.04 Å². The van der Waals surface area contributed by atoms with Gasteiger partial charge in [-0.15, -0.1) is 0 Å². The molecule has 1 rings (SSSR count). The van der Waals surface area contributed by atoms with Crippen LogP contribution in [0.2, 0.25) is 0 Å². The molecule has 0 saturated heterocycles. The summed E-state index contributed by atoms with van der Waals surface area (Å²) in [5, 5.41) is 7.57. The molecule has 0 saturated carbocycles. The van der Waals surface area contributed by atoms with E-state index in [1.165, 1.54) is 0 Å². The Labute approximate surface area is 200 Å². The van der Waals surface area contributed by atoms with Crippen molar-refractivity contribution >= 4 is 12.2 Å². The van der Waals surface area contributed by atoms with E-state index in [9.17, 15) is 9.59 Å². The molecule has 8 heteroatoms. The molecule has 0 fully saturated rings. The fourth-order valence-electron chi connectivity index (χ4n) is 4.12. The molecular weight excluding hydrogens is 416 g/mol. The Morgan fingerprint density at radius 2 is 1.70 bits per heavy atom. The topological polar surface area (TPSA) is 140 Å². The number of carbonyl (C=O) groups is 2. The van der Waals surface area contributed by atoms with Crippen molar-refractivity contribution in [3.8, 4) is 0 Å². The van der Waals surface area contributed by atoms with Crippen LogP contribution in [0, 0.1) is 0 Å². The minimum atomic E-state index is -1.16. The molecule has 8 nitrogen and oxygen atoms in total. The standard InChI is InChI=1S/C25H46N6O2/c1-3-5-14-22(15-6-4-2)29-23(18-21-12-8-7-9-13-21)24(33)30-25(20-32,19-31(27)28)16-10-11-17-26/h7-9,12-13,20,22-23,29H,3-6,10-11,14-19,26-28H2,1-2H3,(H,30,33). The number of rotatable bonds is 19. The van der Waals surface area contributed by atoms with E-state index in [1.807, 2.05) is 30.3 Å². The summed E-state index contributed by atoms with van der Waals surface area (Å²) in [5.74, 6) is 11.2. The minimum Gasteiger partial charge on any atom is -0.341 e. The number of hydrogen-bond acceptors (Lipinski definition) is 7. The smallest absolute Gasteiger partial charge is 0.238 e. The minimum absolute atomic E-state index is 0.0277. The Kier molecular flexibility index (Phi) is 14.8. The molecule has 2 unspecified atom stereocenters. The van der Waals surface area contributed by atoms with E-state index in [0.717, 1.165) is 61.9 Å². The third kappa shape index (κ3) is 11.7. The van der Waals surface area contributed by atoms with E-state index in [0.29, 0.717) is 25.8 Å². The van der Waals surface area contributed by atoms with Gasteiger partial charge in [0.15, 0.2) is 0 Å². The van der Waals surface area contributed by atoms with Crippen LogP contribution >= 0.6 is 0 Å². The van der Waals surface area contributed by atoms with Crippen molar-refractivity contribution in [2.24, 2.45) is 17.4 Å². The van der Waals surface area contributed by atoms with Gasteiger partial charge in [-0.1, -0.05) is 69.9 Å². The van der Waals surface area contributed by atoms with E-state index in [4.69, 9.17) is 17.4 Å². The fraction of sp³-hybridized carbons (Fsp3) is 0.680. The molecule has 0 aliphatic heterocycles. The molecule has 0 bridgehead atoms. The van der Waals surface area contributed by atoms with Crippen molar-refractivity contribution in [3.05, 3.63) is 35.9 Å². The molecule has 1 amide bonds. The van der Waals surface area contributed by atoms with Gasteiger partial charge in [-0.25, -0.2) is 0 Å². The van der Waals surface area contributed by atoms with Gasteiger partial charge in [0.05, 0.1) is 12.6 Å². The molecule has 0 radical (unpaired) electrons. The van der Waals surface area contributed by atoms with Gasteiger partial charge in [0.1, 0.15) is 11.8 Å². The number of unbranched alkanes of at least 4 members (excludes halogenated alkanes) is 3. The molecule has 2 atom stereocenters. The summed E-state index contributed by atoms with van der Waals surface area (Å²) in [5.41, 5.74) is 5.53. The van der Waals surface area contributed by atoms with E-state index in [1.54, 1.807) is 0 Å². The second kappa shape index (κ2) is 16.7. The van der Waals surface area contributed by atoms with Crippen LogP contribution in [-0.2, 0) is 16.0 Å². The zero-order chi connectivity index (χ0) is 24.5. The number of benzene rings is 1. The highest BCUT2D eigenvalue weighted by atomic mass is 16.2. The van der Waals surface area contributed by atoms with Crippen LogP contribution in [0.3, 0.4) is 0 Å². The summed E-state index contributed by atoms with van der Waals surface area (Å²) in [6.07, 6.45) is 9.63. The number of hydrogen-bond donors (Lipinski definition) is 5. The van der Waals surface area contributed by atoms with Crippen LogP contribution < -0.4 is 28.1 Å². The predicted molar refractivity (Wildman–Crippen MR) is 135 cm³/mol. The molecule has 8 N–H and O–H groups in total. The number of nitrogens with one attached hydrogen (secondary N) is 2. The first-order valence-corrected chi connectivity index (χ1v) is 12.4. The number of nitrogens with two attached hydrogens (primary N) is 3. The highest BCUT2D eigenvalue weighted by Gasteiger charge is 2.35. The van der Waals surface area contributed by atoms with Crippen molar-refractivity contribution in [3.63, 3.8) is 0 Å². The lowest BCUT2D eigenvalue weighted by molar-refractivity contribution is -0.129. The predicted octanol–water partition coefficient (Wildman–Crippen LogP) is 2.17. The zero-order valence-electron chi connectivity index (χ0n) is 20.6. The van der Waals surface area contributed by atoms with Gasteiger partial charge in [0.2, 0.25) is 5.91 Å². The van der Waals surface area contributed by atoms with Crippen LogP contribution in [-0.4, -0.2) is 48.0 Å². The summed E-state index contributed by atoms with van der Waals surface area (Å²) in [4.78, 5) is 25.7. The maximum atomic E-state index is 13.6. The zero-order valence-corrected chi connectivity index (χ0v) is 20.6. The Balaban J connectivity index is 3.10. The summed E-state index contributed by atoms with van der Waals surface area (Å²) < 4.78 is 0. The van der Waals surface area contributed by atoms with E-state index >= 15 is 0 Å². The maximum Gasteiger partial charge on any atom is 0.238 e. The monoisotopic (exact) mass is 462 g/mol. The van der Waals surface area contributed by atoms with Crippen LogP contribution in [0.1, 0.15) is 77.2 Å². The molecule has 1 aromatic carbocycles. The molecule has 0 aromatic heterocycles. The fourth-order valence-corrected chi connectivity index (χ4v) is 4.12. The van der Waals surface area contributed by atoms with Crippen molar-refractivity contribution in [2.45, 2.75) is 95.7 Å². The van der Waals surface area contributed by atoms with Crippen LogP contribution in [0.5, 0.6) is 0 Å². The lowest BCUT2D eigenvalue weighted by atomic mass is 9.92. The lowest BCUT2D eigenvalue weighted by Crippen LogP contribution is -2.63. The molecule has 0 spiro atoms. The normalized spacial score (nSPS) is 14.3. The molecule has 33 heavy (non-hydrogen) atoms. The second-order valence-corrected chi connectivity index (χ2v) is 9.07. The van der Waals surface area contributed by atoms with Crippen molar-refractivity contribution in [1.82, 2.24) is 15.8 Å². The molecule has 188 valence electrons. The Morgan fingerprint density at radius 3 is 2.21 bits per heavy atom. The Morgan fingerprint density at radius 1 is 1.06 bits per heavy atom. The van der Waals surface area contributed by atoms with Crippen LogP contribution in [0.15, 0.2) is 30.3 Å². The molecule has 0 heterocycles. The summed E-state index contributed by atoms with van der Waals surface area (Å²) in [7, 11) is 0.